The van der Waals surface area contributed by atoms with Gasteiger partial charge in [-0.15, -0.1) is 11.3 Å². The van der Waals surface area contributed by atoms with Crippen LogP contribution in [0.5, 0.6) is 0 Å². The van der Waals surface area contributed by atoms with Crippen molar-refractivity contribution < 1.29 is 22.4 Å². The van der Waals surface area contributed by atoms with Crippen LogP contribution < -0.4 is 14.9 Å². The number of hydrogen-bond acceptors (Lipinski definition) is 6. The molecule has 0 aliphatic heterocycles. The quantitative estimate of drug-likeness (QED) is 0.309. The summed E-state index contributed by atoms with van der Waals surface area (Å²) < 4.78 is 40.6. The summed E-state index contributed by atoms with van der Waals surface area (Å²) in [4.78, 5) is 30.1. The van der Waals surface area contributed by atoms with Gasteiger partial charge in [0.25, 0.3) is 5.91 Å². The van der Waals surface area contributed by atoms with Crippen LogP contribution in [0.3, 0.4) is 0 Å². The maximum Gasteiger partial charge on any atom is 0.268 e. The minimum absolute atomic E-state index is 0.162. The summed E-state index contributed by atoms with van der Waals surface area (Å²) in [5, 5.41) is 5.48. The van der Waals surface area contributed by atoms with Crippen LogP contribution in [0.15, 0.2) is 67.3 Å². The first-order valence-electron chi connectivity index (χ1n) is 11.0. The molecule has 2 heterocycles. The number of thiophene rings is 1. The van der Waals surface area contributed by atoms with Crippen molar-refractivity contribution in [3.05, 3.63) is 77.0 Å². The second-order valence-electron chi connectivity index (χ2n) is 8.19. The first-order valence-corrected chi connectivity index (χ1v) is 13.7. The molecule has 2 aromatic carbocycles. The number of imidazole rings is 1. The highest BCUT2D eigenvalue weighted by Crippen LogP contribution is 2.31. The number of halogens is 1. The molecule has 9 nitrogen and oxygen atoms in total. The number of rotatable bonds is 8. The third-order valence-corrected chi connectivity index (χ3v) is 7.97. The van der Waals surface area contributed by atoms with E-state index < -0.39 is 22.1 Å². The molecule has 0 radical (unpaired) electrons. The summed E-state index contributed by atoms with van der Waals surface area (Å²) in [5.74, 6) is -0.696. The van der Waals surface area contributed by atoms with E-state index in [2.05, 4.69) is 22.2 Å². The lowest BCUT2D eigenvalue weighted by Gasteiger charge is -2.16. The van der Waals surface area contributed by atoms with Crippen LogP contribution in [0.1, 0.15) is 27.6 Å². The molecule has 0 aliphatic carbocycles. The third-order valence-electron chi connectivity index (χ3n) is 5.52. The number of sulfonamides is 1. The van der Waals surface area contributed by atoms with E-state index in [1.807, 2.05) is 0 Å². The molecule has 192 valence electrons. The molecule has 0 aliphatic rings. The predicted octanol–water partition coefficient (Wildman–Crippen LogP) is 4.89. The van der Waals surface area contributed by atoms with E-state index in [1.54, 1.807) is 59.2 Å². The highest BCUT2D eigenvalue weighted by atomic mass is 32.2. The van der Waals surface area contributed by atoms with Crippen molar-refractivity contribution in [1.29, 1.82) is 0 Å². The lowest BCUT2D eigenvalue weighted by atomic mass is 10.2. The maximum absolute atomic E-state index is 13.7. The molecule has 4 rings (SSSR count). The smallest absolute Gasteiger partial charge is 0.268 e. The normalized spacial score (nSPS) is 12.2. The Morgan fingerprint density at radius 3 is 2.57 bits per heavy atom. The van der Waals surface area contributed by atoms with E-state index in [4.69, 9.17) is 0 Å². The molecule has 0 spiro atoms. The number of amides is 2. The lowest BCUT2D eigenvalue weighted by molar-refractivity contribution is -0.111. The van der Waals surface area contributed by atoms with Gasteiger partial charge in [-0.3, -0.25) is 23.8 Å². The van der Waals surface area contributed by atoms with Gasteiger partial charge in [0.1, 0.15) is 6.17 Å². The standard InChI is InChI=1S/C25H24FN5O4S2/c1-5-23(32)27-16-7-6-8-18(13-16)31-20-10-9-17(30(3)37(4,34)35)14-19(20)28-25(31)29-24(33)22-12-11-21(36-22)15(2)26/h5-15H,1H2,2-4H3,(H,27,32)(H,28,29,33). The fourth-order valence-electron chi connectivity index (χ4n) is 3.57. The molecule has 2 amide bonds. The Hall–Kier alpha value is -4.03. The minimum Gasteiger partial charge on any atom is -0.322 e. The summed E-state index contributed by atoms with van der Waals surface area (Å²) in [6.45, 7) is 4.85. The summed E-state index contributed by atoms with van der Waals surface area (Å²) in [6, 6.07) is 14.9. The van der Waals surface area contributed by atoms with E-state index in [1.165, 1.54) is 14.0 Å². The monoisotopic (exact) mass is 541 g/mol. The van der Waals surface area contributed by atoms with Crippen molar-refractivity contribution in [2.24, 2.45) is 0 Å². The SMILES string of the molecule is C=CC(=O)Nc1cccc(-n2c(NC(=O)c3ccc(C(C)F)s3)nc3cc(N(C)S(C)(=O)=O)ccc32)c1. The number of carbonyl (C=O) groups is 2. The predicted molar refractivity (Wildman–Crippen MR) is 145 cm³/mol. The van der Waals surface area contributed by atoms with Crippen molar-refractivity contribution >= 4 is 61.5 Å². The molecule has 0 fully saturated rings. The Labute approximate surface area is 217 Å². The molecular weight excluding hydrogens is 517 g/mol. The van der Waals surface area contributed by atoms with Gasteiger partial charge in [0.15, 0.2) is 0 Å². The topological polar surface area (TPSA) is 113 Å². The maximum atomic E-state index is 13.7. The second-order valence-corrected chi connectivity index (χ2v) is 11.3. The van der Waals surface area contributed by atoms with Gasteiger partial charge in [0.2, 0.25) is 21.9 Å². The Bertz CT molecular complexity index is 1630. The number of benzene rings is 2. The van der Waals surface area contributed by atoms with E-state index in [9.17, 15) is 22.4 Å². The molecule has 1 unspecified atom stereocenters. The van der Waals surface area contributed by atoms with E-state index in [-0.39, 0.29) is 11.9 Å². The fraction of sp³-hybridized carbons (Fsp3) is 0.160. The first kappa shape index (κ1) is 26.0. The highest BCUT2D eigenvalue weighted by Gasteiger charge is 2.20. The van der Waals surface area contributed by atoms with Crippen LogP contribution in [0, 0.1) is 0 Å². The van der Waals surface area contributed by atoms with Crippen molar-refractivity contribution in [3.8, 4) is 5.69 Å². The Kier molecular flexibility index (Phi) is 7.14. The molecule has 0 saturated carbocycles. The Morgan fingerprint density at radius 1 is 1.16 bits per heavy atom. The van der Waals surface area contributed by atoms with Gasteiger partial charge in [0, 0.05) is 17.6 Å². The number of carbonyl (C=O) groups excluding carboxylic acids is 2. The average Bonchev–Trinajstić information content (AvgIpc) is 3.48. The number of aromatic nitrogens is 2. The number of hydrogen-bond donors (Lipinski definition) is 2. The Morgan fingerprint density at radius 2 is 1.92 bits per heavy atom. The van der Waals surface area contributed by atoms with Gasteiger partial charge in [-0.05, 0) is 61.5 Å². The van der Waals surface area contributed by atoms with Gasteiger partial charge in [0.05, 0.1) is 33.5 Å². The molecule has 0 bridgehead atoms. The molecule has 0 saturated heterocycles. The molecule has 37 heavy (non-hydrogen) atoms. The van der Waals surface area contributed by atoms with Crippen molar-refractivity contribution in [3.63, 3.8) is 0 Å². The summed E-state index contributed by atoms with van der Waals surface area (Å²) >= 11 is 1.04. The molecule has 1 atom stereocenters. The largest absolute Gasteiger partial charge is 0.322 e. The van der Waals surface area contributed by atoms with Gasteiger partial charge >= 0.3 is 0 Å². The van der Waals surface area contributed by atoms with Crippen LogP contribution in [0.4, 0.5) is 21.7 Å². The fourth-order valence-corrected chi connectivity index (χ4v) is 4.90. The number of anilines is 3. The molecular formula is C25H24FN5O4S2. The highest BCUT2D eigenvalue weighted by molar-refractivity contribution is 7.92. The van der Waals surface area contributed by atoms with Crippen LogP contribution in [0.2, 0.25) is 0 Å². The summed E-state index contributed by atoms with van der Waals surface area (Å²) in [5.41, 5.74) is 2.47. The number of alkyl halides is 1. The van der Waals surface area contributed by atoms with Crippen LogP contribution in [0.25, 0.3) is 16.7 Å². The zero-order valence-corrected chi connectivity index (χ0v) is 21.9. The number of nitrogens with one attached hydrogen (secondary N) is 2. The zero-order chi connectivity index (χ0) is 26.9. The number of nitrogens with zero attached hydrogens (tertiary/aromatic N) is 3. The van der Waals surface area contributed by atoms with E-state index in [0.717, 1.165) is 28.0 Å². The number of fused-ring (bicyclic) bond motifs is 1. The van der Waals surface area contributed by atoms with Crippen LogP contribution in [-0.4, -0.2) is 43.1 Å². The van der Waals surface area contributed by atoms with Crippen LogP contribution >= 0.6 is 11.3 Å². The lowest BCUT2D eigenvalue weighted by Crippen LogP contribution is -2.24. The van der Waals surface area contributed by atoms with Crippen molar-refractivity contribution in [1.82, 2.24) is 9.55 Å². The Balaban J connectivity index is 1.83. The van der Waals surface area contributed by atoms with Gasteiger partial charge in [-0.2, -0.15) is 0 Å². The third kappa shape index (κ3) is 5.54. The summed E-state index contributed by atoms with van der Waals surface area (Å²) in [6.07, 6.45) is 1.05. The average molecular weight is 542 g/mol. The second kappa shape index (κ2) is 10.1. The first-order chi connectivity index (χ1) is 17.5. The van der Waals surface area contributed by atoms with Gasteiger partial charge in [-0.25, -0.2) is 17.8 Å². The van der Waals surface area contributed by atoms with E-state index >= 15 is 0 Å². The van der Waals surface area contributed by atoms with Crippen LogP contribution in [-0.2, 0) is 14.8 Å². The molecule has 12 heteroatoms. The molecule has 2 aromatic heterocycles. The van der Waals surface area contributed by atoms with Crippen molar-refractivity contribution in [2.75, 3.05) is 28.2 Å². The summed E-state index contributed by atoms with van der Waals surface area (Å²) in [7, 11) is -2.08. The molecule has 4 aromatic rings. The van der Waals surface area contributed by atoms with Gasteiger partial charge < -0.3 is 5.32 Å². The van der Waals surface area contributed by atoms with Crippen molar-refractivity contribution in [2.45, 2.75) is 13.1 Å². The van der Waals surface area contributed by atoms with Gasteiger partial charge in [-0.1, -0.05) is 12.6 Å². The molecule has 2 N–H and O–H groups in total. The van der Waals surface area contributed by atoms with E-state index in [0.29, 0.717) is 37.8 Å². The minimum atomic E-state index is -3.51. The zero-order valence-electron chi connectivity index (χ0n) is 20.2.